The van der Waals surface area contributed by atoms with Gasteiger partial charge in [-0.25, -0.2) is 9.78 Å². The van der Waals surface area contributed by atoms with Crippen molar-refractivity contribution in [2.75, 3.05) is 7.11 Å². The zero-order chi connectivity index (χ0) is 14.8. The summed E-state index contributed by atoms with van der Waals surface area (Å²) in [6.45, 7) is 0. The summed E-state index contributed by atoms with van der Waals surface area (Å²) in [4.78, 5) is 15.7. The third kappa shape index (κ3) is 2.51. The summed E-state index contributed by atoms with van der Waals surface area (Å²) < 4.78 is 12.2. The number of phenolic OH excluding ortho intramolecular Hbond substituents is 1. The number of aromatic hydroxyl groups is 1. The summed E-state index contributed by atoms with van der Waals surface area (Å²) in [5.41, 5.74) is 1.08. The van der Waals surface area contributed by atoms with Crippen LogP contribution in [-0.4, -0.2) is 27.6 Å². The van der Waals surface area contributed by atoms with Gasteiger partial charge in [0.15, 0.2) is 5.75 Å². The molecule has 0 saturated carbocycles. The molecule has 2 aromatic heterocycles. The van der Waals surface area contributed by atoms with Crippen molar-refractivity contribution in [2.24, 2.45) is 0 Å². The lowest BCUT2D eigenvalue weighted by Crippen LogP contribution is -2.03. The molecule has 0 aliphatic heterocycles. The molecule has 1 aromatic carbocycles. The Morgan fingerprint density at radius 2 is 2.05 bits per heavy atom. The molecule has 0 bridgehead atoms. The molecule has 0 radical (unpaired) electrons. The average Bonchev–Trinajstić information content (AvgIpc) is 2.97. The number of phenols is 1. The van der Waals surface area contributed by atoms with Gasteiger partial charge in [0.05, 0.1) is 25.2 Å². The second kappa shape index (κ2) is 5.16. The Morgan fingerprint density at radius 1 is 1.29 bits per heavy atom. The SMILES string of the molecule is COC(=O)c1cc(Oc2ccc(O)cc2)c2cncn2c1. The number of hydrogen-bond acceptors (Lipinski definition) is 5. The maximum absolute atomic E-state index is 11.7. The van der Waals surface area contributed by atoms with E-state index in [1.165, 1.54) is 19.2 Å². The first-order chi connectivity index (χ1) is 10.2. The maximum atomic E-state index is 11.7. The number of benzene rings is 1. The fraction of sp³-hybridized carbons (Fsp3) is 0.0667. The van der Waals surface area contributed by atoms with Crippen LogP contribution in [0.1, 0.15) is 10.4 Å². The lowest BCUT2D eigenvalue weighted by molar-refractivity contribution is 0.0600. The van der Waals surface area contributed by atoms with Crippen LogP contribution in [0.3, 0.4) is 0 Å². The Bertz CT molecular complexity index is 793. The smallest absolute Gasteiger partial charge is 0.339 e. The first-order valence-electron chi connectivity index (χ1n) is 6.18. The highest BCUT2D eigenvalue weighted by Crippen LogP contribution is 2.28. The van der Waals surface area contributed by atoms with Crippen molar-refractivity contribution >= 4 is 11.5 Å². The zero-order valence-electron chi connectivity index (χ0n) is 11.2. The number of pyridine rings is 1. The largest absolute Gasteiger partial charge is 0.508 e. The molecule has 3 rings (SSSR count). The number of aromatic nitrogens is 2. The number of ether oxygens (including phenoxy) is 2. The molecule has 0 aliphatic carbocycles. The lowest BCUT2D eigenvalue weighted by atomic mass is 10.2. The van der Waals surface area contributed by atoms with Crippen molar-refractivity contribution in [3.8, 4) is 17.2 Å². The van der Waals surface area contributed by atoms with E-state index in [2.05, 4.69) is 4.98 Å². The summed E-state index contributed by atoms with van der Waals surface area (Å²) in [5.74, 6) is 0.709. The van der Waals surface area contributed by atoms with Crippen molar-refractivity contribution in [2.45, 2.75) is 0 Å². The number of fused-ring (bicyclic) bond motifs is 1. The second-order valence-electron chi connectivity index (χ2n) is 4.37. The molecular formula is C15H12N2O4. The van der Waals surface area contributed by atoms with E-state index < -0.39 is 5.97 Å². The Balaban J connectivity index is 2.05. The van der Waals surface area contributed by atoms with E-state index in [9.17, 15) is 9.90 Å². The quantitative estimate of drug-likeness (QED) is 0.748. The van der Waals surface area contributed by atoms with E-state index in [0.717, 1.165) is 5.52 Å². The van der Waals surface area contributed by atoms with E-state index in [1.54, 1.807) is 41.3 Å². The number of rotatable bonds is 3. The van der Waals surface area contributed by atoms with Crippen LogP contribution >= 0.6 is 0 Å². The number of imidazole rings is 1. The van der Waals surface area contributed by atoms with Crippen LogP contribution in [0, 0.1) is 0 Å². The van der Waals surface area contributed by atoms with Gasteiger partial charge in [-0.3, -0.25) is 0 Å². The van der Waals surface area contributed by atoms with Gasteiger partial charge in [-0.05, 0) is 30.3 Å². The van der Waals surface area contributed by atoms with Gasteiger partial charge in [-0.1, -0.05) is 0 Å². The Kier molecular flexibility index (Phi) is 3.19. The molecular weight excluding hydrogens is 272 g/mol. The van der Waals surface area contributed by atoms with Crippen LogP contribution in [0.4, 0.5) is 0 Å². The molecule has 0 fully saturated rings. The summed E-state index contributed by atoms with van der Waals surface area (Å²) >= 11 is 0. The highest BCUT2D eigenvalue weighted by molar-refractivity contribution is 5.90. The highest BCUT2D eigenvalue weighted by Gasteiger charge is 2.12. The molecule has 1 N–H and O–H groups in total. The van der Waals surface area contributed by atoms with E-state index in [4.69, 9.17) is 9.47 Å². The zero-order valence-corrected chi connectivity index (χ0v) is 11.2. The number of esters is 1. The molecule has 6 nitrogen and oxygen atoms in total. The van der Waals surface area contributed by atoms with E-state index in [1.807, 2.05) is 0 Å². The second-order valence-corrected chi connectivity index (χ2v) is 4.37. The highest BCUT2D eigenvalue weighted by atomic mass is 16.5. The van der Waals surface area contributed by atoms with Gasteiger partial charge >= 0.3 is 5.97 Å². The van der Waals surface area contributed by atoms with Gasteiger partial charge in [-0.15, -0.1) is 0 Å². The van der Waals surface area contributed by atoms with E-state index in [0.29, 0.717) is 17.1 Å². The summed E-state index contributed by atoms with van der Waals surface area (Å²) in [6.07, 6.45) is 4.83. The molecule has 2 heterocycles. The number of hydrogen-bond donors (Lipinski definition) is 1. The topological polar surface area (TPSA) is 73.1 Å². The van der Waals surface area contributed by atoms with Gasteiger partial charge < -0.3 is 19.0 Å². The molecule has 3 aromatic rings. The number of carbonyl (C=O) groups is 1. The van der Waals surface area contributed by atoms with Crippen LogP contribution in [-0.2, 0) is 4.74 Å². The first-order valence-corrected chi connectivity index (χ1v) is 6.18. The Labute approximate surface area is 120 Å². The van der Waals surface area contributed by atoms with Crippen molar-refractivity contribution in [1.82, 2.24) is 9.38 Å². The van der Waals surface area contributed by atoms with Crippen molar-refractivity contribution in [3.63, 3.8) is 0 Å². The molecule has 0 atom stereocenters. The van der Waals surface area contributed by atoms with Crippen molar-refractivity contribution in [1.29, 1.82) is 0 Å². The Hall–Kier alpha value is -3.02. The van der Waals surface area contributed by atoms with Gasteiger partial charge in [0.25, 0.3) is 0 Å². The molecule has 106 valence electrons. The minimum atomic E-state index is -0.457. The van der Waals surface area contributed by atoms with E-state index >= 15 is 0 Å². The fourth-order valence-electron chi connectivity index (χ4n) is 1.95. The molecule has 0 spiro atoms. The van der Waals surface area contributed by atoms with Gasteiger partial charge in [0.1, 0.15) is 17.0 Å². The van der Waals surface area contributed by atoms with Crippen LogP contribution in [0.15, 0.2) is 49.1 Å². The monoisotopic (exact) mass is 284 g/mol. The fourth-order valence-corrected chi connectivity index (χ4v) is 1.95. The van der Waals surface area contributed by atoms with E-state index in [-0.39, 0.29) is 5.75 Å². The predicted molar refractivity (Wildman–Crippen MR) is 74.7 cm³/mol. The summed E-state index contributed by atoms with van der Waals surface area (Å²) in [5, 5.41) is 9.28. The number of carbonyl (C=O) groups excluding carboxylic acids is 1. The molecule has 0 unspecified atom stereocenters. The predicted octanol–water partition coefficient (Wildman–Crippen LogP) is 2.62. The lowest BCUT2D eigenvalue weighted by Gasteiger charge is -2.09. The van der Waals surface area contributed by atoms with Crippen molar-refractivity contribution in [3.05, 3.63) is 54.6 Å². The van der Waals surface area contributed by atoms with Crippen LogP contribution < -0.4 is 4.74 Å². The van der Waals surface area contributed by atoms with Crippen LogP contribution in [0.2, 0.25) is 0 Å². The standard InChI is InChI=1S/C15H12N2O4/c1-20-15(19)10-6-14(13-7-16-9-17(13)8-10)21-12-4-2-11(18)3-5-12/h2-9,18H,1H3. The third-order valence-corrected chi connectivity index (χ3v) is 2.97. The third-order valence-electron chi connectivity index (χ3n) is 2.97. The molecule has 6 heteroatoms. The molecule has 21 heavy (non-hydrogen) atoms. The molecule has 0 aliphatic rings. The normalized spacial score (nSPS) is 10.5. The summed E-state index contributed by atoms with van der Waals surface area (Å²) in [6, 6.07) is 7.90. The van der Waals surface area contributed by atoms with Crippen LogP contribution in [0.25, 0.3) is 5.52 Å². The first kappa shape index (κ1) is 13.0. The number of methoxy groups -OCH3 is 1. The minimum Gasteiger partial charge on any atom is -0.508 e. The average molecular weight is 284 g/mol. The minimum absolute atomic E-state index is 0.153. The summed E-state index contributed by atoms with van der Waals surface area (Å²) in [7, 11) is 1.32. The van der Waals surface area contributed by atoms with Gasteiger partial charge in [0, 0.05) is 6.20 Å². The maximum Gasteiger partial charge on any atom is 0.339 e. The molecule has 0 amide bonds. The van der Waals surface area contributed by atoms with Crippen LogP contribution in [0.5, 0.6) is 17.2 Å². The number of nitrogens with zero attached hydrogens (tertiary/aromatic N) is 2. The molecule has 0 saturated heterocycles. The Morgan fingerprint density at radius 3 is 2.76 bits per heavy atom. The van der Waals surface area contributed by atoms with Gasteiger partial charge in [-0.2, -0.15) is 0 Å². The van der Waals surface area contributed by atoms with Crippen molar-refractivity contribution < 1.29 is 19.4 Å². The van der Waals surface area contributed by atoms with Gasteiger partial charge in [0.2, 0.25) is 0 Å².